The monoisotopic (exact) mass is 359 g/mol. The Morgan fingerprint density at radius 2 is 1.76 bits per heavy atom. The summed E-state index contributed by atoms with van der Waals surface area (Å²) >= 11 is 0. The lowest BCUT2D eigenvalue weighted by molar-refractivity contribution is -0.115. The van der Waals surface area contributed by atoms with Crippen molar-refractivity contribution in [3.05, 3.63) is 53.1 Å². The van der Waals surface area contributed by atoms with Crippen molar-refractivity contribution in [1.29, 1.82) is 0 Å². The number of carbonyl (C=O) groups excluding carboxylic acids is 2. The Kier molecular flexibility index (Phi) is 4.22. The summed E-state index contributed by atoms with van der Waals surface area (Å²) in [7, 11) is -3.87. The molecular weight excluding hydrogens is 342 g/mol. The predicted octanol–water partition coefficient (Wildman–Crippen LogP) is 1.79. The number of rotatable bonds is 3. The maximum Gasteiger partial charge on any atom is 0.261 e. The average molecular weight is 359 g/mol. The Morgan fingerprint density at radius 3 is 2.48 bits per heavy atom. The molecule has 130 valence electrons. The molecule has 0 spiro atoms. The van der Waals surface area contributed by atoms with Crippen LogP contribution in [-0.4, -0.2) is 26.8 Å². The number of carbonyl (C=O) groups is 2. The molecular formula is C17H17N3O4S. The fraction of sp³-hybridized carbons (Fsp3) is 0.176. The van der Waals surface area contributed by atoms with Crippen molar-refractivity contribution in [2.75, 3.05) is 16.6 Å². The van der Waals surface area contributed by atoms with Crippen molar-refractivity contribution >= 4 is 33.2 Å². The first-order chi connectivity index (χ1) is 11.8. The van der Waals surface area contributed by atoms with Crippen LogP contribution in [0.4, 0.5) is 11.4 Å². The minimum Gasteiger partial charge on any atom is -0.343 e. The Balaban J connectivity index is 1.96. The van der Waals surface area contributed by atoms with Crippen molar-refractivity contribution < 1.29 is 18.0 Å². The lowest BCUT2D eigenvalue weighted by Crippen LogP contribution is -2.28. The lowest BCUT2D eigenvalue weighted by Gasteiger charge is -2.12. The van der Waals surface area contributed by atoms with Crippen LogP contribution < -0.4 is 15.4 Å². The highest BCUT2D eigenvalue weighted by Crippen LogP contribution is 2.24. The molecule has 1 aliphatic rings. The number of hydrogen-bond donors (Lipinski definition) is 3. The highest BCUT2D eigenvalue weighted by molar-refractivity contribution is 7.92. The molecule has 2 aromatic carbocycles. The number of nitrogens with one attached hydrogen (secondary N) is 3. The summed E-state index contributed by atoms with van der Waals surface area (Å²) in [4.78, 5) is 23.5. The van der Waals surface area contributed by atoms with Crippen LogP contribution in [0.5, 0.6) is 0 Å². The van der Waals surface area contributed by atoms with E-state index in [2.05, 4.69) is 15.4 Å². The highest BCUT2D eigenvalue weighted by atomic mass is 32.2. The van der Waals surface area contributed by atoms with Crippen molar-refractivity contribution in [1.82, 2.24) is 5.32 Å². The van der Waals surface area contributed by atoms with Crippen LogP contribution >= 0.6 is 0 Å². The van der Waals surface area contributed by atoms with Crippen LogP contribution in [0.2, 0.25) is 0 Å². The minimum atomic E-state index is -3.87. The maximum atomic E-state index is 12.6. The fourth-order valence-electron chi connectivity index (χ4n) is 2.46. The molecule has 1 heterocycles. The third-order valence-electron chi connectivity index (χ3n) is 3.99. The second-order valence-corrected chi connectivity index (χ2v) is 7.53. The van der Waals surface area contributed by atoms with E-state index in [1.54, 1.807) is 12.1 Å². The van der Waals surface area contributed by atoms with Gasteiger partial charge < -0.3 is 10.6 Å². The summed E-state index contributed by atoms with van der Waals surface area (Å²) in [5, 5.41) is 4.98. The summed E-state index contributed by atoms with van der Waals surface area (Å²) in [5.41, 5.74) is 2.85. The number of amides is 2. The highest BCUT2D eigenvalue weighted by Gasteiger charge is 2.23. The van der Waals surface area contributed by atoms with E-state index in [-0.39, 0.29) is 28.6 Å². The van der Waals surface area contributed by atoms with E-state index in [0.29, 0.717) is 5.69 Å². The summed E-state index contributed by atoms with van der Waals surface area (Å²) in [6.07, 6.45) is 0. The number of aryl methyl sites for hydroxylation is 2. The van der Waals surface area contributed by atoms with Crippen LogP contribution in [0.15, 0.2) is 41.3 Å². The van der Waals surface area contributed by atoms with Gasteiger partial charge in [0.05, 0.1) is 22.7 Å². The molecule has 0 atom stereocenters. The van der Waals surface area contributed by atoms with Crippen molar-refractivity contribution in [2.45, 2.75) is 18.7 Å². The van der Waals surface area contributed by atoms with Crippen molar-refractivity contribution in [2.24, 2.45) is 0 Å². The first kappa shape index (κ1) is 17.0. The number of sulfonamides is 1. The van der Waals surface area contributed by atoms with Crippen molar-refractivity contribution in [3.63, 3.8) is 0 Å². The summed E-state index contributed by atoms with van der Waals surface area (Å²) in [6.45, 7) is 3.67. The topological polar surface area (TPSA) is 104 Å². The van der Waals surface area contributed by atoms with Crippen LogP contribution in [0, 0.1) is 13.8 Å². The van der Waals surface area contributed by atoms with E-state index in [1.165, 1.54) is 18.2 Å². The van der Waals surface area contributed by atoms with E-state index in [0.717, 1.165) is 11.1 Å². The maximum absolute atomic E-state index is 12.6. The molecule has 0 bridgehead atoms. The number of anilines is 2. The van der Waals surface area contributed by atoms with Gasteiger partial charge >= 0.3 is 0 Å². The zero-order valence-electron chi connectivity index (χ0n) is 13.7. The molecule has 0 aliphatic carbocycles. The first-order valence-corrected chi connectivity index (χ1v) is 9.07. The minimum absolute atomic E-state index is 0.0595. The van der Waals surface area contributed by atoms with Gasteiger partial charge in [0.15, 0.2) is 0 Å². The van der Waals surface area contributed by atoms with E-state index in [4.69, 9.17) is 0 Å². The van der Waals surface area contributed by atoms with Gasteiger partial charge in [0.25, 0.3) is 15.9 Å². The van der Waals surface area contributed by atoms with E-state index in [9.17, 15) is 18.0 Å². The number of benzene rings is 2. The molecule has 0 fully saturated rings. The molecule has 7 nitrogen and oxygen atoms in total. The quantitative estimate of drug-likeness (QED) is 0.777. The van der Waals surface area contributed by atoms with E-state index < -0.39 is 15.9 Å². The van der Waals surface area contributed by atoms with Gasteiger partial charge in [0.1, 0.15) is 0 Å². The molecule has 25 heavy (non-hydrogen) atoms. The van der Waals surface area contributed by atoms with E-state index >= 15 is 0 Å². The Hall–Kier alpha value is -2.87. The molecule has 0 saturated carbocycles. The third-order valence-corrected chi connectivity index (χ3v) is 5.37. The van der Waals surface area contributed by atoms with Gasteiger partial charge in [-0.25, -0.2) is 8.42 Å². The van der Waals surface area contributed by atoms with Crippen LogP contribution in [-0.2, 0) is 14.8 Å². The molecule has 0 aromatic heterocycles. The van der Waals surface area contributed by atoms with Gasteiger partial charge in [-0.3, -0.25) is 14.3 Å². The van der Waals surface area contributed by atoms with Gasteiger partial charge in [-0.1, -0.05) is 6.07 Å². The molecule has 3 N–H and O–H groups in total. The zero-order valence-corrected chi connectivity index (χ0v) is 14.5. The van der Waals surface area contributed by atoms with E-state index in [1.807, 2.05) is 19.9 Å². The molecule has 0 radical (unpaired) electrons. The first-order valence-electron chi connectivity index (χ1n) is 7.58. The van der Waals surface area contributed by atoms with Crippen LogP contribution in [0.3, 0.4) is 0 Å². The molecule has 2 amide bonds. The Morgan fingerprint density at radius 1 is 1.00 bits per heavy atom. The molecule has 0 saturated heterocycles. The standard InChI is InChI=1S/C17H17N3O4S/c1-10-3-4-12(7-11(10)2)20-25(23,24)13-5-6-15-14(8-13)17(22)18-9-16(21)19-15/h3-8,20H,9H2,1-2H3,(H,18,22)(H,19,21). The van der Waals surface area contributed by atoms with Crippen LogP contribution in [0.1, 0.15) is 21.5 Å². The Bertz CT molecular complexity index is 983. The molecule has 8 heteroatoms. The van der Waals surface area contributed by atoms with Gasteiger partial charge in [0.2, 0.25) is 5.91 Å². The normalized spacial score (nSPS) is 14.2. The van der Waals surface area contributed by atoms with Crippen molar-refractivity contribution in [3.8, 4) is 0 Å². The molecule has 2 aromatic rings. The molecule has 1 aliphatic heterocycles. The Labute approximate surface area is 145 Å². The zero-order chi connectivity index (χ0) is 18.2. The third kappa shape index (κ3) is 3.48. The number of fused-ring (bicyclic) bond motifs is 1. The lowest BCUT2D eigenvalue weighted by atomic mass is 10.1. The predicted molar refractivity (Wildman–Crippen MR) is 94.1 cm³/mol. The largest absolute Gasteiger partial charge is 0.343 e. The van der Waals surface area contributed by atoms with Gasteiger partial charge in [-0.05, 0) is 55.3 Å². The summed E-state index contributed by atoms with van der Waals surface area (Å²) in [6, 6.07) is 9.25. The fourth-order valence-corrected chi connectivity index (χ4v) is 3.53. The number of hydrogen-bond acceptors (Lipinski definition) is 4. The molecule has 3 rings (SSSR count). The summed E-state index contributed by atoms with van der Waals surface area (Å²) < 4.78 is 27.7. The SMILES string of the molecule is Cc1ccc(NS(=O)(=O)c2ccc3c(c2)C(=O)NCC(=O)N3)cc1C. The second-order valence-electron chi connectivity index (χ2n) is 5.84. The van der Waals surface area contributed by atoms with Gasteiger partial charge in [-0.2, -0.15) is 0 Å². The van der Waals surface area contributed by atoms with Gasteiger partial charge in [-0.15, -0.1) is 0 Å². The van der Waals surface area contributed by atoms with Crippen LogP contribution in [0.25, 0.3) is 0 Å². The van der Waals surface area contributed by atoms with Gasteiger partial charge in [0, 0.05) is 5.69 Å². The molecule has 0 unspecified atom stereocenters. The smallest absolute Gasteiger partial charge is 0.261 e. The average Bonchev–Trinajstić information content (AvgIpc) is 2.69. The second kappa shape index (κ2) is 6.21. The summed E-state index contributed by atoms with van der Waals surface area (Å²) in [5.74, 6) is -0.868.